The molecule has 1 aromatic carbocycles. The highest BCUT2D eigenvalue weighted by atomic mass is 32.1. The minimum absolute atomic E-state index is 0.218. The maximum Gasteiger partial charge on any atom is 0.0465 e. The molecule has 0 aliphatic rings. The SMILES string of the molecule is OCCC=Cc1cccc2sccc12. The zero-order valence-corrected chi connectivity index (χ0v) is 8.63. The van der Waals surface area contributed by atoms with Crippen LogP contribution in [0.4, 0.5) is 0 Å². The van der Waals surface area contributed by atoms with Crippen LogP contribution in [0.3, 0.4) is 0 Å². The Labute approximate surface area is 87.3 Å². The van der Waals surface area contributed by atoms with E-state index >= 15 is 0 Å². The van der Waals surface area contributed by atoms with Gasteiger partial charge in [-0.25, -0.2) is 0 Å². The van der Waals surface area contributed by atoms with Crippen molar-refractivity contribution in [1.82, 2.24) is 0 Å². The second kappa shape index (κ2) is 4.40. The molecule has 1 nitrogen and oxygen atoms in total. The molecule has 0 spiro atoms. The van der Waals surface area contributed by atoms with Crippen LogP contribution < -0.4 is 0 Å². The molecule has 1 aromatic heterocycles. The summed E-state index contributed by atoms with van der Waals surface area (Å²) in [4.78, 5) is 0. The van der Waals surface area contributed by atoms with Gasteiger partial charge in [-0.05, 0) is 34.9 Å². The average Bonchev–Trinajstić information content (AvgIpc) is 2.67. The molecule has 0 unspecified atom stereocenters. The normalized spacial score (nSPS) is 11.5. The first kappa shape index (κ1) is 9.44. The Balaban J connectivity index is 2.36. The Bertz CT molecular complexity index is 442. The summed E-state index contributed by atoms with van der Waals surface area (Å²) in [6.45, 7) is 0.218. The maximum atomic E-state index is 8.67. The van der Waals surface area contributed by atoms with Crippen LogP contribution in [-0.2, 0) is 0 Å². The summed E-state index contributed by atoms with van der Waals surface area (Å²) >= 11 is 1.76. The van der Waals surface area contributed by atoms with Crippen LogP contribution in [0.15, 0.2) is 35.7 Å². The lowest BCUT2D eigenvalue weighted by Gasteiger charge is -1.95. The summed E-state index contributed by atoms with van der Waals surface area (Å²) in [5, 5.41) is 12.1. The number of aliphatic hydroxyl groups is 1. The van der Waals surface area contributed by atoms with Gasteiger partial charge >= 0.3 is 0 Å². The summed E-state index contributed by atoms with van der Waals surface area (Å²) in [6.07, 6.45) is 4.80. The van der Waals surface area contributed by atoms with E-state index in [4.69, 9.17) is 5.11 Å². The first-order valence-electron chi connectivity index (χ1n) is 4.65. The minimum atomic E-state index is 0.218. The van der Waals surface area contributed by atoms with E-state index in [1.807, 2.05) is 6.08 Å². The third-order valence-electron chi connectivity index (χ3n) is 2.12. The minimum Gasteiger partial charge on any atom is -0.396 e. The van der Waals surface area contributed by atoms with Crippen LogP contribution in [0.25, 0.3) is 16.2 Å². The van der Waals surface area contributed by atoms with Crippen molar-refractivity contribution in [1.29, 1.82) is 0 Å². The molecule has 14 heavy (non-hydrogen) atoms. The summed E-state index contributed by atoms with van der Waals surface area (Å²) in [6, 6.07) is 8.43. The Hall–Kier alpha value is -1.12. The molecule has 1 N–H and O–H groups in total. The van der Waals surface area contributed by atoms with E-state index in [-0.39, 0.29) is 6.61 Å². The van der Waals surface area contributed by atoms with E-state index in [2.05, 4.69) is 35.7 Å². The molecule has 0 radical (unpaired) electrons. The smallest absolute Gasteiger partial charge is 0.0465 e. The number of thiophene rings is 1. The number of hydrogen-bond acceptors (Lipinski definition) is 2. The Morgan fingerprint density at radius 3 is 3.07 bits per heavy atom. The molecule has 0 bridgehead atoms. The summed E-state index contributed by atoms with van der Waals surface area (Å²) in [5.74, 6) is 0. The highest BCUT2D eigenvalue weighted by Crippen LogP contribution is 2.24. The third-order valence-corrected chi connectivity index (χ3v) is 3.00. The van der Waals surface area contributed by atoms with Crippen molar-refractivity contribution in [3.63, 3.8) is 0 Å². The molecule has 0 amide bonds. The predicted molar refractivity (Wildman–Crippen MR) is 62.6 cm³/mol. The van der Waals surface area contributed by atoms with Gasteiger partial charge in [0.25, 0.3) is 0 Å². The van der Waals surface area contributed by atoms with Gasteiger partial charge < -0.3 is 5.11 Å². The lowest BCUT2D eigenvalue weighted by Crippen LogP contribution is -1.76. The highest BCUT2D eigenvalue weighted by molar-refractivity contribution is 7.17. The van der Waals surface area contributed by atoms with Crippen LogP contribution in [0.1, 0.15) is 12.0 Å². The van der Waals surface area contributed by atoms with Crippen molar-refractivity contribution in [2.75, 3.05) is 6.61 Å². The van der Waals surface area contributed by atoms with Crippen LogP contribution >= 0.6 is 11.3 Å². The highest BCUT2D eigenvalue weighted by Gasteiger charge is 1.97. The zero-order valence-electron chi connectivity index (χ0n) is 7.81. The fraction of sp³-hybridized carbons (Fsp3) is 0.167. The molecule has 0 saturated carbocycles. The first-order valence-corrected chi connectivity index (χ1v) is 5.53. The van der Waals surface area contributed by atoms with Gasteiger partial charge in [0.15, 0.2) is 0 Å². The molecule has 1 heterocycles. The van der Waals surface area contributed by atoms with Gasteiger partial charge in [-0.15, -0.1) is 11.3 Å². The molecule has 2 rings (SSSR count). The third kappa shape index (κ3) is 1.86. The number of hydrogen-bond donors (Lipinski definition) is 1. The number of benzene rings is 1. The second-order valence-electron chi connectivity index (χ2n) is 3.09. The van der Waals surface area contributed by atoms with Crippen LogP contribution in [-0.4, -0.2) is 11.7 Å². The Kier molecular flexibility index (Phi) is 2.96. The fourth-order valence-corrected chi connectivity index (χ4v) is 2.27. The predicted octanol–water partition coefficient (Wildman–Crippen LogP) is 3.30. The average molecular weight is 204 g/mol. The number of aliphatic hydroxyl groups excluding tert-OH is 1. The topological polar surface area (TPSA) is 20.2 Å². The summed E-state index contributed by atoms with van der Waals surface area (Å²) < 4.78 is 1.32. The first-order chi connectivity index (χ1) is 6.92. The molecule has 2 heteroatoms. The number of rotatable bonds is 3. The van der Waals surface area contributed by atoms with Crippen molar-refractivity contribution in [3.05, 3.63) is 41.3 Å². The molecular formula is C12H12OS. The fourth-order valence-electron chi connectivity index (χ4n) is 1.45. The van der Waals surface area contributed by atoms with E-state index in [0.717, 1.165) is 6.42 Å². The second-order valence-corrected chi connectivity index (χ2v) is 4.04. The quantitative estimate of drug-likeness (QED) is 0.813. The molecule has 0 aliphatic carbocycles. The molecule has 72 valence electrons. The largest absolute Gasteiger partial charge is 0.396 e. The van der Waals surface area contributed by atoms with E-state index in [1.54, 1.807) is 11.3 Å². The van der Waals surface area contributed by atoms with Gasteiger partial charge in [-0.2, -0.15) is 0 Å². The number of fused-ring (bicyclic) bond motifs is 1. The van der Waals surface area contributed by atoms with E-state index in [0.29, 0.717) is 0 Å². The van der Waals surface area contributed by atoms with Gasteiger partial charge in [0, 0.05) is 11.3 Å². The molecule has 0 fully saturated rings. The monoisotopic (exact) mass is 204 g/mol. The molecular weight excluding hydrogens is 192 g/mol. The van der Waals surface area contributed by atoms with Gasteiger partial charge in [0.2, 0.25) is 0 Å². The maximum absolute atomic E-state index is 8.67. The van der Waals surface area contributed by atoms with Gasteiger partial charge in [-0.3, -0.25) is 0 Å². The van der Waals surface area contributed by atoms with Crippen LogP contribution in [0.5, 0.6) is 0 Å². The Morgan fingerprint density at radius 1 is 1.29 bits per heavy atom. The summed E-state index contributed by atoms with van der Waals surface area (Å²) in [7, 11) is 0. The molecule has 0 atom stereocenters. The standard InChI is InChI=1S/C12H12OS/c13-8-2-1-4-10-5-3-6-12-11(10)7-9-14-12/h1,3-7,9,13H,2,8H2. The lowest BCUT2D eigenvalue weighted by atomic mass is 10.1. The van der Waals surface area contributed by atoms with E-state index < -0.39 is 0 Å². The van der Waals surface area contributed by atoms with Crippen molar-refractivity contribution in [3.8, 4) is 0 Å². The van der Waals surface area contributed by atoms with Crippen molar-refractivity contribution >= 4 is 27.5 Å². The van der Waals surface area contributed by atoms with Gasteiger partial charge in [0.05, 0.1) is 0 Å². The summed E-state index contributed by atoms with van der Waals surface area (Å²) in [5.41, 5.74) is 1.23. The van der Waals surface area contributed by atoms with E-state index in [9.17, 15) is 0 Å². The molecule has 0 aliphatic heterocycles. The van der Waals surface area contributed by atoms with Crippen molar-refractivity contribution < 1.29 is 5.11 Å². The molecule has 2 aromatic rings. The van der Waals surface area contributed by atoms with Crippen LogP contribution in [0.2, 0.25) is 0 Å². The van der Waals surface area contributed by atoms with E-state index in [1.165, 1.54) is 15.6 Å². The zero-order chi connectivity index (χ0) is 9.80. The van der Waals surface area contributed by atoms with Gasteiger partial charge in [0.1, 0.15) is 0 Å². The lowest BCUT2D eigenvalue weighted by molar-refractivity contribution is 0.303. The Morgan fingerprint density at radius 2 is 2.21 bits per heavy atom. The van der Waals surface area contributed by atoms with Gasteiger partial charge in [-0.1, -0.05) is 24.3 Å². The van der Waals surface area contributed by atoms with Crippen molar-refractivity contribution in [2.24, 2.45) is 0 Å². The van der Waals surface area contributed by atoms with Crippen LogP contribution in [0, 0.1) is 0 Å². The van der Waals surface area contributed by atoms with Crippen molar-refractivity contribution in [2.45, 2.75) is 6.42 Å². The molecule has 0 saturated heterocycles.